The van der Waals surface area contributed by atoms with Crippen LogP contribution in [-0.2, 0) is 13.0 Å². The minimum atomic E-state index is 0.0909. The molecule has 1 atom stereocenters. The summed E-state index contributed by atoms with van der Waals surface area (Å²) in [4.78, 5) is 4.20. The maximum atomic E-state index is 7.47. The van der Waals surface area contributed by atoms with Crippen LogP contribution in [0.5, 0.6) is 0 Å². The third kappa shape index (κ3) is 1.76. The summed E-state index contributed by atoms with van der Waals surface area (Å²) in [5.41, 5.74) is 7.34. The van der Waals surface area contributed by atoms with Gasteiger partial charge in [-0.3, -0.25) is 5.41 Å². The molecule has 1 aromatic rings. The summed E-state index contributed by atoms with van der Waals surface area (Å²) >= 11 is 0. The average Bonchev–Trinajstić information content (AvgIpc) is 2.59. The Bertz CT molecular complexity index is 378. The number of imidazole rings is 1. The molecule has 0 amide bonds. The molecule has 0 aromatic carbocycles. The van der Waals surface area contributed by atoms with E-state index in [1.165, 1.54) is 6.42 Å². The van der Waals surface area contributed by atoms with Crippen molar-refractivity contribution in [1.82, 2.24) is 9.55 Å². The van der Waals surface area contributed by atoms with E-state index in [0.29, 0.717) is 17.5 Å². The van der Waals surface area contributed by atoms with E-state index < -0.39 is 0 Å². The summed E-state index contributed by atoms with van der Waals surface area (Å²) in [7, 11) is 0. The molecule has 1 aliphatic heterocycles. The molecule has 0 spiro atoms. The van der Waals surface area contributed by atoms with Crippen LogP contribution in [0, 0.1) is 17.2 Å². The molecule has 1 unspecified atom stereocenters. The van der Waals surface area contributed by atoms with Crippen LogP contribution in [0.1, 0.15) is 31.7 Å². The minimum Gasteiger partial charge on any atom is -0.382 e. The lowest BCUT2D eigenvalue weighted by molar-refractivity contribution is 0.303. The van der Waals surface area contributed by atoms with Gasteiger partial charge in [0, 0.05) is 12.2 Å². The van der Waals surface area contributed by atoms with E-state index in [4.69, 9.17) is 11.1 Å². The fraction of sp³-hybridized carbons (Fsp3) is 0.636. The molecule has 2 rings (SSSR count). The number of aromatic nitrogens is 2. The molecule has 0 aliphatic carbocycles. The summed E-state index contributed by atoms with van der Waals surface area (Å²) in [5, 5.41) is 7.47. The van der Waals surface area contributed by atoms with Crippen molar-refractivity contribution in [1.29, 1.82) is 5.41 Å². The molecule has 4 nitrogen and oxygen atoms in total. The lowest BCUT2D eigenvalue weighted by atomic mass is 9.85. The fourth-order valence-electron chi connectivity index (χ4n) is 2.26. The maximum Gasteiger partial charge on any atom is 0.143 e. The Balaban J connectivity index is 2.30. The zero-order chi connectivity index (χ0) is 11.0. The first-order chi connectivity index (χ1) is 7.09. The van der Waals surface area contributed by atoms with E-state index in [-0.39, 0.29) is 5.84 Å². The Morgan fingerprint density at radius 2 is 2.40 bits per heavy atom. The van der Waals surface area contributed by atoms with Gasteiger partial charge in [-0.1, -0.05) is 13.8 Å². The number of rotatable bonds is 2. The Kier molecular flexibility index (Phi) is 2.50. The highest BCUT2D eigenvalue weighted by atomic mass is 15.1. The number of fused-ring (bicyclic) bond motifs is 1. The molecule has 2 heterocycles. The fourth-order valence-corrected chi connectivity index (χ4v) is 2.26. The highest BCUT2D eigenvalue weighted by Crippen LogP contribution is 2.27. The monoisotopic (exact) mass is 206 g/mol. The van der Waals surface area contributed by atoms with E-state index in [0.717, 1.165) is 18.7 Å². The Morgan fingerprint density at radius 3 is 3.00 bits per heavy atom. The van der Waals surface area contributed by atoms with Crippen LogP contribution < -0.4 is 5.73 Å². The summed E-state index contributed by atoms with van der Waals surface area (Å²) in [6, 6.07) is 0. The van der Waals surface area contributed by atoms with Gasteiger partial charge in [0.15, 0.2) is 0 Å². The standard InChI is InChI=1S/C11H18N4/c1-7(2)8-3-4-15-6-14-10(11(12)13)9(15)5-8/h6-8H,3-5H2,1-2H3,(H3,12,13). The van der Waals surface area contributed by atoms with E-state index in [2.05, 4.69) is 23.4 Å². The molecule has 0 fully saturated rings. The second-order valence-electron chi connectivity index (χ2n) is 4.64. The topological polar surface area (TPSA) is 67.7 Å². The summed E-state index contributed by atoms with van der Waals surface area (Å²) in [5.74, 6) is 1.48. The van der Waals surface area contributed by atoms with Crippen LogP contribution in [0.25, 0.3) is 0 Å². The molecular formula is C11H18N4. The first kappa shape index (κ1) is 10.2. The molecule has 3 N–H and O–H groups in total. The SMILES string of the molecule is CC(C)C1CCn2cnc(C(=N)N)c2C1. The Labute approximate surface area is 90.0 Å². The van der Waals surface area contributed by atoms with Crippen molar-refractivity contribution in [3.05, 3.63) is 17.7 Å². The summed E-state index contributed by atoms with van der Waals surface area (Å²) < 4.78 is 2.13. The predicted octanol–water partition coefficient (Wildman–Crippen LogP) is 1.39. The molecule has 82 valence electrons. The second-order valence-corrected chi connectivity index (χ2v) is 4.64. The first-order valence-corrected chi connectivity index (χ1v) is 5.48. The lowest BCUT2D eigenvalue weighted by Gasteiger charge is -2.27. The molecule has 0 bridgehead atoms. The van der Waals surface area contributed by atoms with Crippen molar-refractivity contribution in [2.24, 2.45) is 17.6 Å². The van der Waals surface area contributed by atoms with Crippen LogP contribution in [0.2, 0.25) is 0 Å². The predicted molar refractivity (Wildman–Crippen MR) is 59.9 cm³/mol. The van der Waals surface area contributed by atoms with Crippen molar-refractivity contribution < 1.29 is 0 Å². The van der Waals surface area contributed by atoms with E-state index >= 15 is 0 Å². The van der Waals surface area contributed by atoms with Crippen molar-refractivity contribution in [3.63, 3.8) is 0 Å². The van der Waals surface area contributed by atoms with Crippen molar-refractivity contribution in [3.8, 4) is 0 Å². The van der Waals surface area contributed by atoms with E-state index in [9.17, 15) is 0 Å². The van der Waals surface area contributed by atoms with Gasteiger partial charge < -0.3 is 10.3 Å². The third-order valence-corrected chi connectivity index (χ3v) is 3.34. The van der Waals surface area contributed by atoms with Crippen molar-refractivity contribution in [2.45, 2.75) is 33.2 Å². The first-order valence-electron chi connectivity index (χ1n) is 5.48. The number of nitrogen functional groups attached to an aromatic ring is 1. The Morgan fingerprint density at radius 1 is 1.67 bits per heavy atom. The number of hydrogen-bond donors (Lipinski definition) is 2. The quantitative estimate of drug-likeness (QED) is 0.567. The highest BCUT2D eigenvalue weighted by Gasteiger charge is 2.24. The zero-order valence-electron chi connectivity index (χ0n) is 9.33. The molecule has 0 radical (unpaired) electrons. The normalized spacial score (nSPS) is 20.3. The number of amidine groups is 1. The van der Waals surface area contributed by atoms with Crippen LogP contribution in [0.3, 0.4) is 0 Å². The van der Waals surface area contributed by atoms with Crippen LogP contribution in [0.4, 0.5) is 0 Å². The number of nitrogens with zero attached hydrogens (tertiary/aromatic N) is 2. The minimum absolute atomic E-state index is 0.0909. The Hall–Kier alpha value is -1.32. The number of nitrogens with two attached hydrogens (primary N) is 1. The van der Waals surface area contributed by atoms with Crippen LogP contribution in [0.15, 0.2) is 6.33 Å². The smallest absolute Gasteiger partial charge is 0.143 e. The molecule has 0 saturated carbocycles. The van der Waals surface area contributed by atoms with Gasteiger partial charge in [0.2, 0.25) is 0 Å². The van der Waals surface area contributed by atoms with Gasteiger partial charge in [-0.25, -0.2) is 4.98 Å². The van der Waals surface area contributed by atoms with E-state index in [1.807, 2.05) is 6.33 Å². The summed E-state index contributed by atoms with van der Waals surface area (Å²) in [6.45, 7) is 5.52. The molecule has 4 heteroatoms. The van der Waals surface area contributed by atoms with Gasteiger partial charge in [0.05, 0.1) is 6.33 Å². The molecular weight excluding hydrogens is 188 g/mol. The van der Waals surface area contributed by atoms with Crippen LogP contribution in [-0.4, -0.2) is 15.4 Å². The number of aryl methyl sites for hydroxylation is 1. The molecule has 1 aliphatic rings. The zero-order valence-corrected chi connectivity index (χ0v) is 9.33. The number of nitrogens with one attached hydrogen (secondary N) is 1. The molecule has 15 heavy (non-hydrogen) atoms. The van der Waals surface area contributed by atoms with Gasteiger partial charge in [0.25, 0.3) is 0 Å². The summed E-state index contributed by atoms with van der Waals surface area (Å²) in [6.07, 6.45) is 4.02. The van der Waals surface area contributed by atoms with Gasteiger partial charge >= 0.3 is 0 Å². The van der Waals surface area contributed by atoms with Crippen LogP contribution >= 0.6 is 0 Å². The van der Waals surface area contributed by atoms with E-state index in [1.54, 1.807) is 0 Å². The number of hydrogen-bond acceptors (Lipinski definition) is 2. The molecule has 1 aromatic heterocycles. The van der Waals surface area contributed by atoms with Gasteiger partial charge in [-0.2, -0.15) is 0 Å². The molecule has 0 saturated heterocycles. The van der Waals surface area contributed by atoms with Crippen molar-refractivity contribution in [2.75, 3.05) is 0 Å². The third-order valence-electron chi connectivity index (χ3n) is 3.34. The van der Waals surface area contributed by atoms with Crippen molar-refractivity contribution >= 4 is 5.84 Å². The van der Waals surface area contributed by atoms with Gasteiger partial charge in [-0.15, -0.1) is 0 Å². The van der Waals surface area contributed by atoms with Gasteiger partial charge in [0.1, 0.15) is 11.5 Å². The highest BCUT2D eigenvalue weighted by molar-refractivity contribution is 5.94. The van der Waals surface area contributed by atoms with Gasteiger partial charge in [-0.05, 0) is 24.7 Å². The average molecular weight is 206 g/mol. The maximum absolute atomic E-state index is 7.47. The lowest BCUT2D eigenvalue weighted by Crippen LogP contribution is -2.25. The second kappa shape index (κ2) is 3.68. The largest absolute Gasteiger partial charge is 0.382 e.